The number of aryl methyl sites for hydroxylation is 1. The van der Waals surface area contributed by atoms with Gasteiger partial charge in [0.15, 0.2) is 5.96 Å². The summed E-state index contributed by atoms with van der Waals surface area (Å²) in [6.07, 6.45) is 2.96. The predicted octanol–water partition coefficient (Wildman–Crippen LogP) is 2.56. The van der Waals surface area contributed by atoms with Crippen molar-refractivity contribution >= 4 is 17.5 Å². The van der Waals surface area contributed by atoms with Crippen LogP contribution >= 0.6 is 0 Å². The van der Waals surface area contributed by atoms with Crippen LogP contribution in [0.2, 0.25) is 0 Å². The molecule has 1 aromatic heterocycles. The molecule has 1 aromatic carbocycles. The summed E-state index contributed by atoms with van der Waals surface area (Å²) in [5.74, 6) is 1.90. The van der Waals surface area contributed by atoms with Crippen LogP contribution in [0.4, 0.5) is 11.5 Å². The molecule has 0 radical (unpaired) electrons. The van der Waals surface area contributed by atoms with E-state index in [1.165, 1.54) is 11.3 Å². The number of anilines is 2. The zero-order valence-electron chi connectivity index (χ0n) is 18.7. The normalized spacial score (nSPS) is 19.5. The van der Waals surface area contributed by atoms with Gasteiger partial charge in [-0.2, -0.15) is 0 Å². The summed E-state index contributed by atoms with van der Waals surface area (Å²) in [4.78, 5) is 14.3. The van der Waals surface area contributed by atoms with Gasteiger partial charge in [-0.25, -0.2) is 9.98 Å². The van der Waals surface area contributed by atoms with Gasteiger partial charge in [0.1, 0.15) is 5.82 Å². The molecule has 0 amide bonds. The molecule has 7 nitrogen and oxygen atoms in total. The molecule has 2 aliphatic heterocycles. The molecule has 166 valence electrons. The lowest BCUT2D eigenvalue weighted by Crippen LogP contribution is -2.44. The molecule has 0 saturated carbocycles. The van der Waals surface area contributed by atoms with Crippen LogP contribution < -0.4 is 20.4 Å². The molecular weight excluding hydrogens is 388 g/mol. The molecule has 4 rings (SSSR count). The number of ether oxygens (including phenoxy) is 1. The number of hydrogen-bond donors (Lipinski definition) is 2. The van der Waals surface area contributed by atoms with Gasteiger partial charge < -0.3 is 25.2 Å². The number of rotatable bonds is 6. The fourth-order valence-electron chi connectivity index (χ4n) is 4.16. The van der Waals surface area contributed by atoms with Crippen molar-refractivity contribution < 1.29 is 4.74 Å². The van der Waals surface area contributed by atoms with Gasteiger partial charge in [0.2, 0.25) is 0 Å². The standard InChI is InChI=1S/C24H34N6O/c1-3-25-24(28-21-10-12-30(18-21)22-8-6-19(2)7-9-22)27-17-20-5-4-11-26-23(20)29-13-15-31-16-14-29/h4-9,11,21H,3,10,12-18H2,1-2H3,(H2,25,27,28). The molecule has 1 atom stereocenters. The van der Waals surface area contributed by atoms with Crippen molar-refractivity contribution in [3.63, 3.8) is 0 Å². The fraction of sp³-hybridized carbons (Fsp3) is 0.500. The second kappa shape index (κ2) is 10.5. The summed E-state index contributed by atoms with van der Waals surface area (Å²) >= 11 is 0. The van der Waals surface area contributed by atoms with Crippen LogP contribution in [0, 0.1) is 6.92 Å². The van der Waals surface area contributed by atoms with Gasteiger partial charge in [-0.1, -0.05) is 23.8 Å². The summed E-state index contributed by atoms with van der Waals surface area (Å²) in [7, 11) is 0. The highest BCUT2D eigenvalue weighted by molar-refractivity contribution is 5.80. The molecule has 0 spiro atoms. The monoisotopic (exact) mass is 422 g/mol. The minimum absolute atomic E-state index is 0.381. The number of morpholine rings is 1. The number of pyridine rings is 1. The van der Waals surface area contributed by atoms with E-state index >= 15 is 0 Å². The van der Waals surface area contributed by atoms with Crippen LogP contribution in [0.5, 0.6) is 0 Å². The molecule has 7 heteroatoms. The first-order valence-corrected chi connectivity index (χ1v) is 11.4. The molecule has 2 N–H and O–H groups in total. The van der Waals surface area contributed by atoms with Gasteiger partial charge in [-0.15, -0.1) is 0 Å². The number of nitrogens with zero attached hydrogens (tertiary/aromatic N) is 4. The highest BCUT2D eigenvalue weighted by atomic mass is 16.5. The van der Waals surface area contributed by atoms with E-state index in [0.717, 1.165) is 69.7 Å². The quantitative estimate of drug-likeness (QED) is 0.551. The van der Waals surface area contributed by atoms with E-state index in [2.05, 4.69) is 69.6 Å². The summed E-state index contributed by atoms with van der Waals surface area (Å²) in [5.41, 5.74) is 3.74. The van der Waals surface area contributed by atoms with Crippen molar-refractivity contribution in [2.45, 2.75) is 32.9 Å². The van der Waals surface area contributed by atoms with E-state index in [0.29, 0.717) is 12.6 Å². The third-order valence-corrected chi connectivity index (χ3v) is 5.86. The molecule has 0 aliphatic carbocycles. The summed E-state index contributed by atoms with van der Waals surface area (Å²) < 4.78 is 5.49. The number of nitrogens with one attached hydrogen (secondary N) is 2. The molecule has 2 fully saturated rings. The van der Waals surface area contributed by atoms with Gasteiger partial charge in [0, 0.05) is 56.2 Å². The molecule has 2 aliphatic rings. The Morgan fingerprint density at radius 3 is 2.71 bits per heavy atom. The maximum absolute atomic E-state index is 5.49. The van der Waals surface area contributed by atoms with Gasteiger partial charge in [0.25, 0.3) is 0 Å². The first-order chi connectivity index (χ1) is 15.2. The molecular formula is C24H34N6O. The highest BCUT2D eigenvalue weighted by Crippen LogP contribution is 2.21. The SMILES string of the molecule is CCNC(=NCc1cccnc1N1CCOCC1)NC1CCN(c2ccc(C)cc2)C1. The minimum Gasteiger partial charge on any atom is -0.378 e. The van der Waals surface area contributed by atoms with Crippen molar-refractivity contribution in [1.29, 1.82) is 0 Å². The highest BCUT2D eigenvalue weighted by Gasteiger charge is 2.23. The lowest BCUT2D eigenvalue weighted by atomic mass is 10.2. The van der Waals surface area contributed by atoms with Crippen LogP contribution in [0.15, 0.2) is 47.6 Å². The smallest absolute Gasteiger partial charge is 0.191 e. The zero-order valence-corrected chi connectivity index (χ0v) is 18.7. The number of hydrogen-bond acceptors (Lipinski definition) is 5. The van der Waals surface area contributed by atoms with E-state index in [4.69, 9.17) is 9.73 Å². The van der Waals surface area contributed by atoms with Crippen LogP contribution in [-0.4, -0.2) is 62.9 Å². The van der Waals surface area contributed by atoms with Gasteiger partial charge in [0.05, 0.1) is 19.8 Å². The number of guanidine groups is 1. The topological polar surface area (TPSA) is 65.0 Å². The molecule has 2 saturated heterocycles. The minimum atomic E-state index is 0.381. The maximum Gasteiger partial charge on any atom is 0.191 e. The summed E-state index contributed by atoms with van der Waals surface area (Å²) in [6, 6.07) is 13.3. The van der Waals surface area contributed by atoms with Gasteiger partial charge in [-0.3, -0.25) is 0 Å². The van der Waals surface area contributed by atoms with E-state index in [1.807, 2.05) is 12.3 Å². The van der Waals surface area contributed by atoms with Crippen LogP contribution in [0.3, 0.4) is 0 Å². The Bertz CT molecular complexity index is 863. The molecule has 1 unspecified atom stereocenters. The van der Waals surface area contributed by atoms with Crippen LogP contribution in [0.1, 0.15) is 24.5 Å². The molecule has 0 bridgehead atoms. The van der Waals surface area contributed by atoms with E-state index in [-0.39, 0.29) is 0 Å². The van der Waals surface area contributed by atoms with Gasteiger partial charge >= 0.3 is 0 Å². The molecule has 31 heavy (non-hydrogen) atoms. The summed E-state index contributed by atoms with van der Waals surface area (Å²) in [5, 5.41) is 7.05. The predicted molar refractivity (Wildman–Crippen MR) is 127 cm³/mol. The number of aromatic nitrogens is 1. The Labute approximate surface area is 185 Å². The average Bonchev–Trinajstić information content (AvgIpc) is 3.27. The van der Waals surface area contributed by atoms with E-state index in [9.17, 15) is 0 Å². The first-order valence-electron chi connectivity index (χ1n) is 11.4. The van der Waals surface area contributed by atoms with Crippen LogP contribution in [0.25, 0.3) is 0 Å². The average molecular weight is 423 g/mol. The third kappa shape index (κ3) is 5.67. The summed E-state index contributed by atoms with van der Waals surface area (Å²) in [6.45, 7) is 11.0. The van der Waals surface area contributed by atoms with Crippen molar-refractivity contribution in [3.05, 3.63) is 53.7 Å². The Hall–Kier alpha value is -2.80. The Morgan fingerprint density at radius 2 is 1.94 bits per heavy atom. The maximum atomic E-state index is 5.49. The second-order valence-electron chi connectivity index (χ2n) is 8.19. The number of benzene rings is 1. The third-order valence-electron chi connectivity index (χ3n) is 5.86. The lowest BCUT2D eigenvalue weighted by Gasteiger charge is -2.29. The van der Waals surface area contributed by atoms with Crippen molar-refractivity contribution in [3.8, 4) is 0 Å². The molecule has 2 aromatic rings. The fourth-order valence-corrected chi connectivity index (χ4v) is 4.16. The number of aliphatic imine (C=N–C) groups is 1. The largest absolute Gasteiger partial charge is 0.378 e. The lowest BCUT2D eigenvalue weighted by molar-refractivity contribution is 0.122. The van der Waals surface area contributed by atoms with Gasteiger partial charge in [-0.05, 0) is 38.5 Å². The first kappa shape index (κ1) is 21.4. The molecule has 3 heterocycles. The van der Waals surface area contributed by atoms with Crippen LogP contribution in [-0.2, 0) is 11.3 Å². The van der Waals surface area contributed by atoms with Crippen molar-refractivity contribution in [2.24, 2.45) is 4.99 Å². The Morgan fingerprint density at radius 1 is 1.13 bits per heavy atom. The van der Waals surface area contributed by atoms with E-state index < -0.39 is 0 Å². The second-order valence-corrected chi connectivity index (χ2v) is 8.19. The Kier molecular flexibility index (Phi) is 7.25. The van der Waals surface area contributed by atoms with Crippen molar-refractivity contribution in [1.82, 2.24) is 15.6 Å². The van der Waals surface area contributed by atoms with E-state index in [1.54, 1.807) is 0 Å². The zero-order chi connectivity index (χ0) is 21.5. The van der Waals surface area contributed by atoms with Crippen molar-refractivity contribution in [2.75, 3.05) is 55.7 Å². The Balaban J connectivity index is 1.40.